The van der Waals surface area contributed by atoms with Gasteiger partial charge >= 0.3 is 0 Å². The summed E-state index contributed by atoms with van der Waals surface area (Å²) in [5.74, 6) is 0.466. The highest BCUT2D eigenvalue weighted by atomic mass is 16.1. The van der Waals surface area contributed by atoms with Crippen molar-refractivity contribution in [1.82, 2.24) is 14.8 Å². The molecule has 1 aliphatic rings. The topological polar surface area (TPSA) is 85.8 Å². The summed E-state index contributed by atoms with van der Waals surface area (Å²) in [5.41, 5.74) is 6.73. The van der Waals surface area contributed by atoms with Crippen molar-refractivity contribution in [3.8, 4) is 5.82 Å². The minimum Gasteiger partial charge on any atom is -0.327 e. The number of carbonyl (C=O) groups is 1. The summed E-state index contributed by atoms with van der Waals surface area (Å²) < 4.78 is 1.64. The fourth-order valence-corrected chi connectivity index (χ4v) is 2.78. The van der Waals surface area contributed by atoms with Crippen molar-refractivity contribution >= 4 is 11.6 Å². The third kappa shape index (κ3) is 2.95. The second-order valence-corrected chi connectivity index (χ2v) is 5.37. The van der Waals surface area contributed by atoms with Gasteiger partial charge in [0.15, 0.2) is 5.82 Å². The highest BCUT2D eigenvalue weighted by Crippen LogP contribution is 2.25. The van der Waals surface area contributed by atoms with Crippen LogP contribution < -0.4 is 11.1 Å². The van der Waals surface area contributed by atoms with E-state index in [1.54, 1.807) is 29.3 Å². The molecule has 2 aromatic heterocycles. The summed E-state index contributed by atoms with van der Waals surface area (Å²) in [7, 11) is 0. The average molecular weight is 285 g/mol. The van der Waals surface area contributed by atoms with Crippen molar-refractivity contribution in [2.24, 2.45) is 11.7 Å². The van der Waals surface area contributed by atoms with Crippen LogP contribution in [0.2, 0.25) is 0 Å². The fraction of sp³-hybridized carbons (Fsp3) is 0.400. The van der Waals surface area contributed by atoms with E-state index in [9.17, 15) is 4.79 Å². The molecule has 2 atom stereocenters. The third-order valence-electron chi connectivity index (χ3n) is 3.92. The molecule has 0 radical (unpaired) electrons. The lowest BCUT2D eigenvalue weighted by Gasteiger charge is -2.27. The summed E-state index contributed by atoms with van der Waals surface area (Å²) >= 11 is 0. The Balaban J connectivity index is 1.80. The Morgan fingerprint density at radius 3 is 2.90 bits per heavy atom. The molecule has 1 fully saturated rings. The molecule has 21 heavy (non-hydrogen) atoms. The first-order valence-electron chi connectivity index (χ1n) is 7.27. The van der Waals surface area contributed by atoms with Crippen LogP contribution >= 0.6 is 0 Å². The maximum atomic E-state index is 12.5. The molecule has 6 nitrogen and oxygen atoms in total. The smallest absolute Gasteiger partial charge is 0.229 e. The van der Waals surface area contributed by atoms with Gasteiger partial charge in [-0.25, -0.2) is 9.67 Å². The number of nitrogens with one attached hydrogen (secondary N) is 1. The molecule has 1 saturated carbocycles. The molecule has 3 rings (SSSR count). The molecular formula is C15H19N5O. The minimum atomic E-state index is -0.121. The standard InChI is InChI=1S/C15H19N5O/c16-12-6-2-1-5-11(12)15(21)19-13-7-3-8-17-14(13)20-10-4-9-18-20/h3-4,7-12H,1-2,5-6,16H2,(H,19,21). The molecule has 0 spiro atoms. The SMILES string of the molecule is NC1CCCCC1C(=O)Nc1cccnc1-n1cccn1. The molecule has 0 aromatic carbocycles. The van der Waals surface area contributed by atoms with Crippen molar-refractivity contribution in [2.75, 3.05) is 5.32 Å². The van der Waals surface area contributed by atoms with E-state index in [2.05, 4.69) is 15.4 Å². The number of anilines is 1. The van der Waals surface area contributed by atoms with Gasteiger partial charge in [0.2, 0.25) is 5.91 Å². The van der Waals surface area contributed by atoms with Crippen molar-refractivity contribution in [3.63, 3.8) is 0 Å². The largest absolute Gasteiger partial charge is 0.327 e. The van der Waals surface area contributed by atoms with Gasteiger partial charge in [0.25, 0.3) is 0 Å². The van der Waals surface area contributed by atoms with Crippen LogP contribution in [0.4, 0.5) is 5.69 Å². The van der Waals surface area contributed by atoms with Gasteiger partial charge in [-0.2, -0.15) is 5.10 Å². The van der Waals surface area contributed by atoms with E-state index in [4.69, 9.17) is 5.73 Å². The second-order valence-electron chi connectivity index (χ2n) is 5.37. The van der Waals surface area contributed by atoms with Crippen LogP contribution in [0.3, 0.4) is 0 Å². The van der Waals surface area contributed by atoms with E-state index >= 15 is 0 Å². The molecule has 1 amide bonds. The van der Waals surface area contributed by atoms with Gasteiger partial charge in [0.05, 0.1) is 11.6 Å². The second kappa shape index (κ2) is 6.05. The highest BCUT2D eigenvalue weighted by Gasteiger charge is 2.28. The van der Waals surface area contributed by atoms with Gasteiger partial charge in [0.1, 0.15) is 0 Å². The summed E-state index contributed by atoms with van der Waals surface area (Å²) in [4.78, 5) is 16.7. The number of nitrogens with zero attached hydrogens (tertiary/aromatic N) is 3. The number of amides is 1. The Labute approximate surface area is 123 Å². The van der Waals surface area contributed by atoms with E-state index in [1.165, 1.54) is 0 Å². The summed E-state index contributed by atoms with van der Waals surface area (Å²) in [6, 6.07) is 5.39. The molecule has 110 valence electrons. The van der Waals surface area contributed by atoms with Gasteiger partial charge in [0, 0.05) is 24.6 Å². The first-order chi connectivity index (χ1) is 10.3. The van der Waals surface area contributed by atoms with Gasteiger partial charge in [-0.1, -0.05) is 12.8 Å². The maximum absolute atomic E-state index is 12.5. The molecule has 0 aliphatic heterocycles. The van der Waals surface area contributed by atoms with E-state index in [-0.39, 0.29) is 17.9 Å². The molecule has 0 saturated heterocycles. The minimum absolute atomic E-state index is 0.0244. The quantitative estimate of drug-likeness (QED) is 0.899. The van der Waals surface area contributed by atoms with E-state index in [0.29, 0.717) is 11.5 Å². The molecule has 0 bridgehead atoms. The van der Waals surface area contributed by atoms with Gasteiger partial charge in [-0.15, -0.1) is 0 Å². The predicted octanol–water partition coefficient (Wildman–Crippen LogP) is 1.72. The predicted molar refractivity (Wildman–Crippen MR) is 79.9 cm³/mol. The van der Waals surface area contributed by atoms with Crippen LogP contribution in [0, 0.1) is 5.92 Å². The third-order valence-corrected chi connectivity index (χ3v) is 3.92. The molecule has 2 unspecified atom stereocenters. The summed E-state index contributed by atoms with van der Waals surface area (Å²) in [5, 5.41) is 7.12. The highest BCUT2D eigenvalue weighted by molar-refractivity contribution is 5.94. The molecule has 1 aliphatic carbocycles. The van der Waals surface area contributed by atoms with Crippen LogP contribution in [0.1, 0.15) is 25.7 Å². The Bertz CT molecular complexity index is 610. The van der Waals surface area contributed by atoms with Crippen LogP contribution in [0.25, 0.3) is 5.82 Å². The normalized spacial score (nSPS) is 22.0. The monoisotopic (exact) mass is 285 g/mol. The van der Waals surface area contributed by atoms with Crippen molar-refractivity contribution in [3.05, 3.63) is 36.8 Å². The average Bonchev–Trinajstić information content (AvgIpc) is 3.02. The number of aromatic nitrogens is 3. The zero-order valence-corrected chi connectivity index (χ0v) is 11.8. The van der Waals surface area contributed by atoms with Gasteiger partial charge in [-0.05, 0) is 31.0 Å². The molecule has 3 N–H and O–H groups in total. The molecular weight excluding hydrogens is 266 g/mol. The van der Waals surface area contributed by atoms with Crippen LogP contribution in [0.15, 0.2) is 36.8 Å². The Morgan fingerprint density at radius 2 is 2.14 bits per heavy atom. The number of hydrogen-bond acceptors (Lipinski definition) is 4. The zero-order valence-electron chi connectivity index (χ0n) is 11.8. The first kappa shape index (κ1) is 13.8. The number of rotatable bonds is 3. The molecule has 2 aromatic rings. The molecule has 6 heteroatoms. The maximum Gasteiger partial charge on any atom is 0.229 e. The van der Waals surface area contributed by atoms with Crippen molar-refractivity contribution < 1.29 is 4.79 Å². The lowest BCUT2D eigenvalue weighted by Crippen LogP contribution is -2.40. The van der Waals surface area contributed by atoms with Crippen LogP contribution in [-0.4, -0.2) is 26.7 Å². The summed E-state index contributed by atoms with van der Waals surface area (Å²) in [6.07, 6.45) is 9.09. The van der Waals surface area contributed by atoms with Gasteiger partial charge in [-0.3, -0.25) is 4.79 Å². The van der Waals surface area contributed by atoms with Crippen molar-refractivity contribution in [1.29, 1.82) is 0 Å². The lowest BCUT2D eigenvalue weighted by atomic mass is 9.84. The van der Waals surface area contributed by atoms with Crippen LogP contribution in [0.5, 0.6) is 0 Å². The first-order valence-corrected chi connectivity index (χ1v) is 7.27. The Hall–Kier alpha value is -2.21. The molecule has 2 heterocycles. The Morgan fingerprint density at radius 1 is 1.29 bits per heavy atom. The van der Waals surface area contributed by atoms with E-state index in [0.717, 1.165) is 25.7 Å². The summed E-state index contributed by atoms with van der Waals surface area (Å²) in [6.45, 7) is 0. The van der Waals surface area contributed by atoms with E-state index < -0.39 is 0 Å². The van der Waals surface area contributed by atoms with Gasteiger partial charge < -0.3 is 11.1 Å². The number of hydrogen-bond donors (Lipinski definition) is 2. The van der Waals surface area contributed by atoms with E-state index in [1.807, 2.05) is 12.1 Å². The zero-order chi connectivity index (χ0) is 14.7. The number of pyridine rings is 1. The van der Waals surface area contributed by atoms with Crippen molar-refractivity contribution in [2.45, 2.75) is 31.7 Å². The van der Waals surface area contributed by atoms with Crippen LogP contribution in [-0.2, 0) is 4.79 Å². The Kier molecular flexibility index (Phi) is 3.96. The number of carbonyl (C=O) groups excluding carboxylic acids is 1. The lowest BCUT2D eigenvalue weighted by molar-refractivity contribution is -0.121. The number of nitrogens with two attached hydrogens (primary N) is 1. The fourth-order valence-electron chi connectivity index (χ4n) is 2.78.